The largest absolute Gasteiger partial charge is 0.356 e. The molecule has 1 aromatic rings. The predicted octanol–water partition coefficient (Wildman–Crippen LogP) is 1.65. The summed E-state index contributed by atoms with van der Waals surface area (Å²) in [5, 5.41) is 13.0. The van der Waals surface area contributed by atoms with E-state index in [1.165, 1.54) is 11.3 Å². The summed E-state index contributed by atoms with van der Waals surface area (Å²) < 4.78 is 0. The number of rotatable bonds is 5. The van der Waals surface area contributed by atoms with Crippen LogP contribution in [0.4, 0.5) is 10.3 Å². The minimum absolute atomic E-state index is 0.00160. The van der Waals surface area contributed by atoms with Gasteiger partial charge in [-0.3, -0.25) is 14.5 Å². The van der Waals surface area contributed by atoms with Crippen LogP contribution in [-0.4, -0.2) is 48.2 Å². The minimum Gasteiger partial charge on any atom is -0.356 e. The number of hydrogen-bond acceptors (Lipinski definition) is 6. The second-order valence-corrected chi connectivity index (χ2v) is 7.87. The fourth-order valence-electron chi connectivity index (χ4n) is 3.11. The molecule has 3 rings (SSSR count). The molecular weight excluding hydrogens is 326 g/mol. The number of amides is 2. The average molecular weight is 351 g/mol. The van der Waals surface area contributed by atoms with Gasteiger partial charge in [0.05, 0.1) is 5.92 Å². The number of carbonyl (C=O) groups excluding carboxylic acids is 2. The Bertz CT molecular complexity index is 603. The first-order valence-corrected chi connectivity index (χ1v) is 9.52. The lowest BCUT2D eigenvalue weighted by Crippen LogP contribution is -2.43. The van der Waals surface area contributed by atoms with E-state index >= 15 is 0 Å². The number of anilines is 2. The van der Waals surface area contributed by atoms with Gasteiger partial charge in [0.25, 0.3) is 0 Å². The molecule has 2 aliphatic rings. The number of piperidine rings is 1. The van der Waals surface area contributed by atoms with Crippen molar-refractivity contribution in [2.24, 2.45) is 11.8 Å². The summed E-state index contributed by atoms with van der Waals surface area (Å²) in [7, 11) is 0. The van der Waals surface area contributed by atoms with E-state index in [4.69, 9.17) is 0 Å². The smallest absolute Gasteiger partial charge is 0.228 e. The van der Waals surface area contributed by atoms with Crippen LogP contribution in [0.2, 0.25) is 0 Å². The van der Waals surface area contributed by atoms with Gasteiger partial charge < -0.3 is 10.2 Å². The molecule has 0 radical (unpaired) electrons. The number of nitrogens with one attached hydrogen (secondary N) is 1. The molecule has 0 bridgehead atoms. The normalized spacial score (nSPS) is 21.6. The van der Waals surface area contributed by atoms with Crippen LogP contribution in [0.15, 0.2) is 0 Å². The molecule has 3 heterocycles. The topological polar surface area (TPSA) is 78.4 Å². The summed E-state index contributed by atoms with van der Waals surface area (Å²) in [6.45, 7) is 7.19. The van der Waals surface area contributed by atoms with Gasteiger partial charge in [0.2, 0.25) is 22.1 Å². The third-order valence-corrected chi connectivity index (χ3v) is 5.46. The molecular formula is C16H25N5O2S. The first kappa shape index (κ1) is 17.1. The van der Waals surface area contributed by atoms with Crippen LogP contribution >= 0.6 is 11.3 Å². The van der Waals surface area contributed by atoms with Crippen molar-refractivity contribution in [2.45, 2.75) is 39.5 Å². The highest BCUT2D eigenvalue weighted by atomic mass is 32.1. The third kappa shape index (κ3) is 3.85. The molecule has 1 aromatic heterocycles. The number of aromatic nitrogens is 2. The van der Waals surface area contributed by atoms with Gasteiger partial charge in [0.15, 0.2) is 0 Å². The molecule has 2 saturated heterocycles. The SMILES string of the molecule is CC(C)CNC(=O)[C@@H]1CCCN(c2nnc(N3CCCC3=O)s2)C1. The molecule has 1 N–H and O–H groups in total. The first-order chi connectivity index (χ1) is 11.5. The van der Waals surface area contributed by atoms with Crippen LogP contribution in [-0.2, 0) is 9.59 Å². The second-order valence-electron chi connectivity index (χ2n) is 6.94. The zero-order valence-electron chi connectivity index (χ0n) is 14.3. The van der Waals surface area contributed by atoms with Gasteiger partial charge in [-0.15, -0.1) is 10.2 Å². The van der Waals surface area contributed by atoms with Gasteiger partial charge in [-0.2, -0.15) is 0 Å². The van der Waals surface area contributed by atoms with Crippen LogP contribution in [0.5, 0.6) is 0 Å². The fourth-order valence-corrected chi connectivity index (χ4v) is 4.03. The van der Waals surface area contributed by atoms with E-state index in [2.05, 4.69) is 34.3 Å². The van der Waals surface area contributed by atoms with E-state index in [9.17, 15) is 9.59 Å². The van der Waals surface area contributed by atoms with Crippen molar-refractivity contribution in [3.05, 3.63) is 0 Å². The van der Waals surface area contributed by atoms with Crippen molar-refractivity contribution in [3.8, 4) is 0 Å². The van der Waals surface area contributed by atoms with Crippen molar-refractivity contribution in [1.82, 2.24) is 15.5 Å². The highest BCUT2D eigenvalue weighted by molar-refractivity contribution is 7.19. The molecule has 7 nitrogen and oxygen atoms in total. The van der Waals surface area contributed by atoms with Gasteiger partial charge in [0, 0.05) is 32.6 Å². The summed E-state index contributed by atoms with van der Waals surface area (Å²) in [6, 6.07) is 0. The van der Waals surface area contributed by atoms with Crippen LogP contribution in [0.3, 0.4) is 0 Å². The average Bonchev–Trinajstić information content (AvgIpc) is 3.21. The lowest BCUT2D eigenvalue weighted by atomic mass is 9.97. The Labute approximate surface area is 146 Å². The molecule has 1 atom stereocenters. The van der Waals surface area contributed by atoms with E-state index in [0.717, 1.165) is 44.0 Å². The van der Waals surface area contributed by atoms with E-state index in [-0.39, 0.29) is 17.7 Å². The lowest BCUT2D eigenvalue weighted by molar-refractivity contribution is -0.125. The van der Waals surface area contributed by atoms with E-state index < -0.39 is 0 Å². The Morgan fingerprint density at radius 3 is 2.79 bits per heavy atom. The summed E-state index contributed by atoms with van der Waals surface area (Å²) in [6.07, 6.45) is 3.36. The first-order valence-electron chi connectivity index (χ1n) is 8.71. The van der Waals surface area contributed by atoms with Crippen LogP contribution in [0.1, 0.15) is 39.5 Å². The summed E-state index contributed by atoms with van der Waals surface area (Å²) in [5.41, 5.74) is 0. The summed E-state index contributed by atoms with van der Waals surface area (Å²) in [4.78, 5) is 28.0. The van der Waals surface area contributed by atoms with Gasteiger partial charge >= 0.3 is 0 Å². The van der Waals surface area contributed by atoms with Crippen LogP contribution in [0, 0.1) is 11.8 Å². The Morgan fingerprint density at radius 1 is 1.29 bits per heavy atom. The van der Waals surface area contributed by atoms with E-state index in [1.54, 1.807) is 4.90 Å². The van der Waals surface area contributed by atoms with Crippen LogP contribution in [0.25, 0.3) is 0 Å². The maximum atomic E-state index is 12.3. The Morgan fingerprint density at radius 2 is 2.08 bits per heavy atom. The Kier molecular flexibility index (Phi) is 5.33. The van der Waals surface area contributed by atoms with Crippen molar-refractivity contribution in [3.63, 3.8) is 0 Å². The van der Waals surface area contributed by atoms with Gasteiger partial charge in [-0.1, -0.05) is 25.2 Å². The molecule has 132 valence electrons. The maximum absolute atomic E-state index is 12.3. The molecule has 24 heavy (non-hydrogen) atoms. The molecule has 0 spiro atoms. The van der Waals surface area contributed by atoms with Crippen LogP contribution < -0.4 is 15.1 Å². The summed E-state index contributed by atoms with van der Waals surface area (Å²) in [5.74, 6) is 0.714. The van der Waals surface area contributed by atoms with Gasteiger partial charge in [0.1, 0.15) is 0 Å². The Hall–Kier alpha value is -1.70. The van der Waals surface area contributed by atoms with E-state index in [0.29, 0.717) is 24.0 Å². The molecule has 2 amide bonds. The van der Waals surface area contributed by atoms with Gasteiger partial charge in [-0.25, -0.2) is 0 Å². The third-order valence-electron chi connectivity index (χ3n) is 4.46. The standard InChI is InChI=1S/C16H25N5O2S/c1-11(2)9-17-14(23)12-5-3-7-20(10-12)15-18-19-16(24-15)21-8-4-6-13(21)22/h11-12H,3-10H2,1-2H3,(H,17,23)/t12-/m1/s1. The number of carbonyl (C=O) groups is 2. The zero-order valence-corrected chi connectivity index (χ0v) is 15.1. The highest BCUT2D eigenvalue weighted by Gasteiger charge is 2.29. The fraction of sp³-hybridized carbons (Fsp3) is 0.750. The van der Waals surface area contributed by atoms with Crippen molar-refractivity contribution in [2.75, 3.05) is 36.0 Å². The summed E-state index contributed by atoms with van der Waals surface area (Å²) >= 11 is 1.45. The molecule has 0 aliphatic carbocycles. The van der Waals surface area contributed by atoms with Crippen molar-refractivity contribution >= 4 is 33.4 Å². The molecule has 2 fully saturated rings. The minimum atomic E-state index is -0.00160. The van der Waals surface area contributed by atoms with E-state index in [1.807, 2.05) is 0 Å². The highest BCUT2D eigenvalue weighted by Crippen LogP contribution is 2.32. The Balaban J connectivity index is 1.61. The lowest BCUT2D eigenvalue weighted by Gasteiger charge is -2.31. The van der Waals surface area contributed by atoms with Crippen molar-refractivity contribution < 1.29 is 9.59 Å². The van der Waals surface area contributed by atoms with Gasteiger partial charge in [-0.05, 0) is 25.2 Å². The molecule has 0 unspecified atom stereocenters. The molecule has 2 aliphatic heterocycles. The van der Waals surface area contributed by atoms with Crippen molar-refractivity contribution in [1.29, 1.82) is 0 Å². The quantitative estimate of drug-likeness (QED) is 0.873. The molecule has 8 heteroatoms. The molecule has 0 aromatic carbocycles. The number of hydrogen-bond donors (Lipinski definition) is 1. The second kappa shape index (κ2) is 7.46. The maximum Gasteiger partial charge on any atom is 0.228 e. The zero-order chi connectivity index (χ0) is 17.1. The predicted molar refractivity (Wildman–Crippen MR) is 94.3 cm³/mol. The molecule has 0 saturated carbocycles. The monoisotopic (exact) mass is 351 g/mol. The number of nitrogens with zero attached hydrogens (tertiary/aromatic N) is 4.